The zero-order chi connectivity index (χ0) is 13.9. The average molecular weight is 272 g/mol. The lowest BCUT2D eigenvalue weighted by Crippen LogP contribution is -2.48. The third-order valence-corrected chi connectivity index (χ3v) is 3.45. The van der Waals surface area contributed by atoms with E-state index in [1.165, 1.54) is 0 Å². The normalized spacial score (nSPS) is 17.8. The predicted molar refractivity (Wildman–Crippen MR) is 72.7 cm³/mol. The standard InChI is InChI=1S/C14H16N4O2/c1-10(18-8-7-15-12(19)9-18)14-16-13(17-20-14)11-5-3-2-4-6-11/h2-6,10H,7-9H2,1H3,(H,15,19). The number of nitrogens with one attached hydrogen (secondary N) is 1. The van der Waals surface area contributed by atoms with Gasteiger partial charge < -0.3 is 9.84 Å². The number of carbonyl (C=O) groups excluding carboxylic acids is 1. The number of hydrogen-bond acceptors (Lipinski definition) is 5. The maximum absolute atomic E-state index is 11.4. The van der Waals surface area contributed by atoms with Crippen molar-refractivity contribution in [2.75, 3.05) is 19.6 Å². The minimum Gasteiger partial charge on any atom is -0.354 e. The highest BCUT2D eigenvalue weighted by molar-refractivity contribution is 5.78. The molecule has 1 aromatic carbocycles. The smallest absolute Gasteiger partial charge is 0.244 e. The molecular formula is C14H16N4O2. The van der Waals surface area contributed by atoms with Crippen LogP contribution in [0.15, 0.2) is 34.9 Å². The fourth-order valence-electron chi connectivity index (χ4n) is 2.25. The SMILES string of the molecule is CC(c1nc(-c2ccccc2)no1)N1CCNC(=O)C1. The highest BCUT2D eigenvalue weighted by Gasteiger charge is 2.26. The first kappa shape index (κ1) is 12.8. The molecular weight excluding hydrogens is 256 g/mol. The zero-order valence-corrected chi connectivity index (χ0v) is 11.2. The summed E-state index contributed by atoms with van der Waals surface area (Å²) in [5.74, 6) is 1.15. The van der Waals surface area contributed by atoms with Crippen molar-refractivity contribution in [3.05, 3.63) is 36.2 Å². The minimum absolute atomic E-state index is 0.0332. The van der Waals surface area contributed by atoms with Crippen LogP contribution in [-0.4, -0.2) is 40.6 Å². The van der Waals surface area contributed by atoms with Crippen molar-refractivity contribution in [3.63, 3.8) is 0 Å². The topological polar surface area (TPSA) is 71.3 Å². The second kappa shape index (κ2) is 5.42. The summed E-state index contributed by atoms with van der Waals surface area (Å²) in [4.78, 5) is 17.9. The third-order valence-electron chi connectivity index (χ3n) is 3.45. The summed E-state index contributed by atoms with van der Waals surface area (Å²) < 4.78 is 5.33. The van der Waals surface area contributed by atoms with Crippen molar-refractivity contribution < 1.29 is 9.32 Å². The van der Waals surface area contributed by atoms with E-state index in [9.17, 15) is 4.79 Å². The number of benzene rings is 1. The quantitative estimate of drug-likeness (QED) is 0.910. The lowest BCUT2D eigenvalue weighted by molar-refractivity contribution is -0.125. The second-order valence-electron chi connectivity index (χ2n) is 4.82. The number of rotatable bonds is 3. The van der Waals surface area contributed by atoms with Crippen LogP contribution in [0.2, 0.25) is 0 Å². The van der Waals surface area contributed by atoms with Gasteiger partial charge in [0.2, 0.25) is 17.6 Å². The van der Waals surface area contributed by atoms with Gasteiger partial charge in [0.05, 0.1) is 12.6 Å². The molecule has 0 saturated carbocycles. The highest BCUT2D eigenvalue weighted by Crippen LogP contribution is 2.22. The number of piperazine rings is 1. The summed E-state index contributed by atoms with van der Waals surface area (Å²) in [5.41, 5.74) is 0.922. The number of carbonyl (C=O) groups is 1. The number of nitrogens with zero attached hydrogens (tertiary/aromatic N) is 3. The molecule has 0 aliphatic carbocycles. The van der Waals surface area contributed by atoms with Crippen LogP contribution in [0.5, 0.6) is 0 Å². The van der Waals surface area contributed by atoms with Gasteiger partial charge in [-0.1, -0.05) is 35.5 Å². The van der Waals surface area contributed by atoms with E-state index < -0.39 is 0 Å². The molecule has 104 valence electrons. The fourth-order valence-corrected chi connectivity index (χ4v) is 2.25. The summed E-state index contributed by atoms with van der Waals surface area (Å²) in [6.45, 7) is 3.78. The lowest BCUT2D eigenvalue weighted by Gasteiger charge is -2.29. The molecule has 1 N–H and O–H groups in total. The minimum atomic E-state index is -0.0639. The molecule has 2 aromatic rings. The van der Waals surface area contributed by atoms with Gasteiger partial charge in [0.25, 0.3) is 0 Å². The van der Waals surface area contributed by atoms with Crippen molar-refractivity contribution in [2.45, 2.75) is 13.0 Å². The molecule has 1 aliphatic heterocycles. The molecule has 0 radical (unpaired) electrons. The van der Waals surface area contributed by atoms with E-state index in [4.69, 9.17) is 4.52 Å². The van der Waals surface area contributed by atoms with Crippen LogP contribution in [0.4, 0.5) is 0 Å². The Kier molecular flexibility index (Phi) is 3.47. The molecule has 0 bridgehead atoms. The number of aromatic nitrogens is 2. The van der Waals surface area contributed by atoms with Crippen LogP contribution < -0.4 is 5.32 Å². The van der Waals surface area contributed by atoms with Gasteiger partial charge in [-0.15, -0.1) is 0 Å². The van der Waals surface area contributed by atoms with Crippen molar-refractivity contribution in [2.24, 2.45) is 0 Å². The predicted octanol–water partition coefficient (Wildman–Crippen LogP) is 1.23. The molecule has 1 unspecified atom stereocenters. The van der Waals surface area contributed by atoms with Gasteiger partial charge in [0.1, 0.15) is 0 Å². The fraction of sp³-hybridized carbons (Fsp3) is 0.357. The van der Waals surface area contributed by atoms with Gasteiger partial charge in [-0.25, -0.2) is 0 Å². The molecule has 1 aliphatic rings. The van der Waals surface area contributed by atoms with Gasteiger partial charge in [-0.2, -0.15) is 4.98 Å². The van der Waals surface area contributed by atoms with E-state index in [1.807, 2.05) is 42.2 Å². The summed E-state index contributed by atoms with van der Waals surface area (Å²) in [6, 6.07) is 9.62. The number of amides is 1. The van der Waals surface area contributed by atoms with Crippen molar-refractivity contribution >= 4 is 5.91 Å². The molecule has 6 heteroatoms. The Bertz CT molecular complexity index is 596. The molecule has 6 nitrogen and oxygen atoms in total. The van der Waals surface area contributed by atoms with Crippen molar-refractivity contribution in [3.8, 4) is 11.4 Å². The molecule has 1 atom stereocenters. The largest absolute Gasteiger partial charge is 0.354 e. The summed E-state index contributed by atoms with van der Waals surface area (Å²) >= 11 is 0. The van der Waals surface area contributed by atoms with E-state index in [1.54, 1.807) is 0 Å². The Morgan fingerprint density at radius 1 is 1.35 bits per heavy atom. The third kappa shape index (κ3) is 2.55. The first-order valence-electron chi connectivity index (χ1n) is 6.64. The first-order chi connectivity index (χ1) is 9.74. The van der Waals surface area contributed by atoms with Crippen LogP contribution in [0.25, 0.3) is 11.4 Å². The van der Waals surface area contributed by atoms with E-state index in [2.05, 4.69) is 15.5 Å². The van der Waals surface area contributed by atoms with Crippen molar-refractivity contribution in [1.29, 1.82) is 0 Å². The van der Waals surface area contributed by atoms with Gasteiger partial charge in [-0.3, -0.25) is 9.69 Å². The van der Waals surface area contributed by atoms with Gasteiger partial charge in [0, 0.05) is 18.7 Å². The van der Waals surface area contributed by atoms with Crippen LogP contribution in [0.1, 0.15) is 18.9 Å². The lowest BCUT2D eigenvalue weighted by atomic mass is 10.2. The maximum atomic E-state index is 11.4. The highest BCUT2D eigenvalue weighted by atomic mass is 16.5. The van der Waals surface area contributed by atoms with Gasteiger partial charge >= 0.3 is 0 Å². The second-order valence-corrected chi connectivity index (χ2v) is 4.82. The van der Waals surface area contributed by atoms with Crippen molar-refractivity contribution in [1.82, 2.24) is 20.4 Å². The molecule has 1 fully saturated rings. The van der Waals surface area contributed by atoms with E-state index in [0.717, 1.165) is 12.1 Å². The Hall–Kier alpha value is -2.21. The van der Waals surface area contributed by atoms with E-state index >= 15 is 0 Å². The summed E-state index contributed by atoms with van der Waals surface area (Å²) in [5, 5.41) is 6.81. The maximum Gasteiger partial charge on any atom is 0.244 e. The Morgan fingerprint density at radius 2 is 2.15 bits per heavy atom. The van der Waals surface area contributed by atoms with Gasteiger partial charge in [-0.05, 0) is 6.92 Å². The molecule has 1 aromatic heterocycles. The van der Waals surface area contributed by atoms with Crippen LogP contribution in [0, 0.1) is 0 Å². The molecule has 1 amide bonds. The number of hydrogen-bond donors (Lipinski definition) is 1. The molecule has 0 spiro atoms. The van der Waals surface area contributed by atoms with Crippen LogP contribution >= 0.6 is 0 Å². The Morgan fingerprint density at radius 3 is 2.90 bits per heavy atom. The zero-order valence-electron chi connectivity index (χ0n) is 11.2. The van der Waals surface area contributed by atoms with Crippen LogP contribution in [0.3, 0.4) is 0 Å². The summed E-state index contributed by atoms with van der Waals surface area (Å²) in [7, 11) is 0. The van der Waals surface area contributed by atoms with E-state index in [0.29, 0.717) is 24.8 Å². The Labute approximate surface area is 116 Å². The molecule has 3 rings (SSSR count). The first-order valence-corrected chi connectivity index (χ1v) is 6.64. The average Bonchev–Trinajstić information content (AvgIpc) is 2.97. The summed E-state index contributed by atoms with van der Waals surface area (Å²) in [6.07, 6.45) is 0. The Balaban J connectivity index is 1.78. The monoisotopic (exact) mass is 272 g/mol. The molecule has 1 saturated heterocycles. The molecule has 2 heterocycles. The van der Waals surface area contributed by atoms with Crippen LogP contribution in [-0.2, 0) is 4.79 Å². The van der Waals surface area contributed by atoms with E-state index in [-0.39, 0.29) is 11.9 Å². The van der Waals surface area contributed by atoms with Gasteiger partial charge in [0.15, 0.2) is 0 Å². The molecule has 20 heavy (non-hydrogen) atoms.